The zero-order valence-corrected chi connectivity index (χ0v) is 17.4. The van der Waals surface area contributed by atoms with Crippen LogP contribution in [0, 0.1) is 0 Å². The van der Waals surface area contributed by atoms with Gasteiger partial charge in [-0.25, -0.2) is 0 Å². The fraction of sp³-hybridized carbons (Fsp3) is 0.231. The largest absolute Gasteiger partial charge is 0.0764 e. The molecule has 27 heavy (non-hydrogen) atoms. The van der Waals surface area contributed by atoms with E-state index in [1.54, 1.807) is 5.57 Å². The molecule has 0 N–H and O–H groups in total. The van der Waals surface area contributed by atoms with Gasteiger partial charge in [-0.2, -0.15) is 0 Å². The summed E-state index contributed by atoms with van der Waals surface area (Å²) in [6, 6.07) is 15.5. The highest BCUT2D eigenvalue weighted by Crippen LogP contribution is 2.48. The molecule has 5 rings (SSSR count). The summed E-state index contributed by atoms with van der Waals surface area (Å²) >= 11 is 3.64. The van der Waals surface area contributed by atoms with Crippen LogP contribution in [0.3, 0.4) is 0 Å². The third-order valence-electron chi connectivity index (χ3n) is 6.37. The van der Waals surface area contributed by atoms with Gasteiger partial charge in [-0.1, -0.05) is 71.4 Å². The maximum atomic E-state index is 3.64. The minimum Gasteiger partial charge on any atom is -0.0764 e. The van der Waals surface area contributed by atoms with Crippen LogP contribution in [-0.2, 0) is 0 Å². The van der Waals surface area contributed by atoms with Crippen LogP contribution in [0.2, 0.25) is 0 Å². The molecule has 0 radical (unpaired) electrons. The van der Waals surface area contributed by atoms with Gasteiger partial charge in [-0.05, 0) is 82.5 Å². The molecule has 2 aromatic carbocycles. The van der Waals surface area contributed by atoms with Gasteiger partial charge in [0.15, 0.2) is 0 Å². The highest BCUT2D eigenvalue weighted by atomic mass is 79.9. The molecule has 3 aliphatic rings. The number of hydrogen-bond donors (Lipinski definition) is 0. The molecule has 0 saturated carbocycles. The maximum absolute atomic E-state index is 3.64. The zero-order valence-electron chi connectivity index (χ0n) is 15.8. The third kappa shape index (κ3) is 2.80. The first-order valence-electron chi connectivity index (χ1n) is 9.82. The van der Waals surface area contributed by atoms with Crippen LogP contribution in [-0.4, -0.2) is 0 Å². The summed E-state index contributed by atoms with van der Waals surface area (Å²) in [5.41, 5.74) is 11.6. The van der Waals surface area contributed by atoms with Crippen molar-refractivity contribution in [2.75, 3.05) is 0 Å². The van der Waals surface area contributed by atoms with Gasteiger partial charge in [0, 0.05) is 16.3 Å². The van der Waals surface area contributed by atoms with Crippen molar-refractivity contribution in [1.82, 2.24) is 0 Å². The molecule has 3 aliphatic carbocycles. The van der Waals surface area contributed by atoms with E-state index in [1.807, 2.05) is 0 Å². The van der Waals surface area contributed by atoms with Crippen molar-refractivity contribution in [1.29, 1.82) is 0 Å². The Morgan fingerprint density at radius 3 is 2.70 bits per heavy atom. The predicted molar refractivity (Wildman–Crippen MR) is 119 cm³/mol. The van der Waals surface area contributed by atoms with Crippen LogP contribution >= 0.6 is 15.9 Å². The Balaban J connectivity index is 1.43. The van der Waals surface area contributed by atoms with Gasteiger partial charge >= 0.3 is 0 Å². The second kappa shape index (κ2) is 6.49. The Bertz CT molecular complexity index is 1060. The Labute approximate surface area is 170 Å². The van der Waals surface area contributed by atoms with Crippen LogP contribution in [0.4, 0.5) is 0 Å². The van der Waals surface area contributed by atoms with Gasteiger partial charge in [-0.15, -0.1) is 0 Å². The highest BCUT2D eigenvalue weighted by Gasteiger charge is 2.29. The summed E-state index contributed by atoms with van der Waals surface area (Å²) in [6.07, 6.45) is 11.8. The quantitative estimate of drug-likeness (QED) is 0.480. The molecular formula is C26H23Br. The highest BCUT2D eigenvalue weighted by molar-refractivity contribution is 9.10. The van der Waals surface area contributed by atoms with E-state index >= 15 is 0 Å². The number of halogens is 1. The van der Waals surface area contributed by atoms with Gasteiger partial charge in [0.05, 0.1) is 0 Å². The minimum atomic E-state index is 0.465. The van der Waals surface area contributed by atoms with E-state index in [2.05, 4.69) is 96.5 Å². The molecule has 2 aromatic rings. The van der Waals surface area contributed by atoms with Gasteiger partial charge in [-0.3, -0.25) is 0 Å². The molecule has 2 atom stereocenters. The normalized spacial score (nSPS) is 22.3. The molecule has 0 aliphatic heterocycles. The molecule has 0 saturated heterocycles. The fourth-order valence-corrected chi connectivity index (χ4v) is 5.29. The number of fused-ring (bicyclic) bond motifs is 3. The van der Waals surface area contributed by atoms with Gasteiger partial charge in [0.2, 0.25) is 0 Å². The number of benzene rings is 2. The Hall–Kier alpha value is -2.12. The lowest BCUT2D eigenvalue weighted by molar-refractivity contribution is 0.740. The second-order valence-corrected chi connectivity index (χ2v) is 8.86. The molecule has 2 unspecified atom stereocenters. The van der Waals surface area contributed by atoms with Crippen LogP contribution in [0.1, 0.15) is 60.8 Å². The second-order valence-electron chi connectivity index (χ2n) is 7.95. The van der Waals surface area contributed by atoms with Crippen molar-refractivity contribution in [2.45, 2.75) is 38.5 Å². The summed E-state index contributed by atoms with van der Waals surface area (Å²) in [7, 11) is 0. The number of hydrogen-bond acceptors (Lipinski definition) is 0. The lowest BCUT2D eigenvalue weighted by Crippen LogP contribution is -2.08. The lowest BCUT2D eigenvalue weighted by Gasteiger charge is -2.25. The van der Waals surface area contributed by atoms with Crippen LogP contribution in [0.25, 0.3) is 12.2 Å². The molecule has 0 fully saturated rings. The van der Waals surface area contributed by atoms with Crippen molar-refractivity contribution in [3.63, 3.8) is 0 Å². The molecule has 0 nitrogen and oxygen atoms in total. The Morgan fingerprint density at radius 2 is 1.81 bits per heavy atom. The molecule has 0 spiro atoms. The fourth-order valence-electron chi connectivity index (χ4n) is 4.91. The first-order chi connectivity index (χ1) is 13.1. The van der Waals surface area contributed by atoms with Crippen molar-refractivity contribution >= 4 is 28.1 Å². The van der Waals surface area contributed by atoms with Crippen molar-refractivity contribution in [2.24, 2.45) is 0 Å². The summed E-state index contributed by atoms with van der Waals surface area (Å²) in [5.74, 6) is 1.02. The standard InChI is InChI=1S/C26H23Br/c1-16-13-25-17(2)23-12-10-21(27)14-20(23)15-26(25)22(16)11-9-19-8-7-18-5-3-4-6-24(18)19/h3-8,10,12-15,17,19H,9,11H2,1-2H3. The van der Waals surface area contributed by atoms with Gasteiger partial charge in [0.25, 0.3) is 0 Å². The SMILES string of the molecule is CC1=C(CCC2C=Cc3ccccc32)C2=Cc3cc(Br)ccc3C(C)C2=C1. The Morgan fingerprint density at radius 1 is 0.963 bits per heavy atom. The van der Waals surface area contributed by atoms with Crippen LogP contribution in [0.5, 0.6) is 0 Å². The first kappa shape index (κ1) is 17.0. The molecule has 0 heterocycles. The molecular weight excluding hydrogens is 392 g/mol. The summed E-state index contributed by atoms with van der Waals surface area (Å²) in [6.45, 7) is 4.63. The van der Waals surface area contributed by atoms with E-state index in [0.29, 0.717) is 11.8 Å². The van der Waals surface area contributed by atoms with E-state index in [-0.39, 0.29) is 0 Å². The van der Waals surface area contributed by atoms with Crippen LogP contribution in [0.15, 0.2) is 81.4 Å². The average molecular weight is 415 g/mol. The smallest absolute Gasteiger partial charge is 0.0181 e. The van der Waals surface area contributed by atoms with E-state index in [9.17, 15) is 0 Å². The first-order valence-corrected chi connectivity index (χ1v) is 10.6. The van der Waals surface area contributed by atoms with Gasteiger partial charge < -0.3 is 0 Å². The van der Waals surface area contributed by atoms with E-state index < -0.39 is 0 Å². The van der Waals surface area contributed by atoms with E-state index in [4.69, 9.17) is 0 Å². The van der Waals surface area contributed by atoms with Crippen molar-refractivity contribution in [3.8, 4) is 0 Å². The van der Waals surface area contributed by atoms with Crippen molar-refractivity contribution in [3.05, 3.63) is 104 Å². The zero-order chi connectivity index (χ0) is 18.5. The van der Waals surface area contributed by atoms with Crippen LogP contribution < -0.4 is 0 Å². The average Bonchev–Trinajstić information content (AvgIpc) is 3.21. The van der Waals surface area contributed by atoms with Crippen molar-refractivity contribution < 1.29 is 0 Å². The number of rotatable bonds is 3. The van der Waals surface area contributed by atoms with E-state index in [1.165, 1.54) is 45.4 Å². The molecule has 0 amide bonds. The molecule has 1 heteroatoms. The van der Waals surface area contributed by atoms with E-state index in [0.717, 1.165) is 10.9 Å². The Kier molecular flexibility index (Phi) is 4.09. The number of allylic oxidation sites excluding steroid dienone is 6. The molecule has 0 bridgehead atoms. The van der Waals surface area contributed by atoms with Gasteiger partial charge in [0.1, 0.15) is 0 Å². The molecule has 134 valence electrons. The predicted octanol–water partition coefficient (Wildman–Crippen LogP) is 7.80. The minimum absolute atomic E-state index is 0.465. The molecule has 0 aromatic heterocycles. The topological polar surface area (TPSA) is 0 Å². The monoisotopic (exact) mass is 414 g/mol. The maximum Gasteiger partial charge on any atom is 0.0181 e. The summed E-state index contributed by atoms with van der Waals surface area (Å²) < 4.78 is 1.16. The summed E-state index contributed by atoms with van der Waals surface area (Å²) in [4.78, 5) is 0. The lowest BCUT2D eigenvalue weighted by atomic mass is 9.79. The third-order valence-corrected chi connectivity index (χ3v) is 6.87. The summed E-state index contributed by atoms with van der Waals surface area (Å²) in [5, 5.41) is 0.